The van der Waals surface area contributed by atoms with E-state index >= 15 is 0 Å². The van der Waals surface area contributed by atoms with Gasteiger partial charge < -0.3 is 9.32 Å². The van der Waals surface area contributed by atoms with Gasteiger partial charge in [-0.2, -0.15) is 0 Å². The van der Waals surface area contributed by atoms with Crippen molar-refractivity contribution in [1.29, 1.82) is 0 Å². The minimum Gasteiger partial charge on any atom is -0.456 e. The topological polar surface area (TPSA) is 16.4 Å². The van der Waals surface area contributed by atoms with Crippen LogP contribution in [-0.4, -0.2) is 0 Å². The van der Waals surface area contributed by atoms with Crippen molar-refractivity contribution in [1.82, 2.24) is 0 Å². The van der Waals surface area contributed by atoms with Gasteiger partial charge >= 0.3 is 0 Å². The summed E-state index contributed by atoms with van der Waals surface area (Å²) >= 11 is 1.87. The van der Waals surface area contributed by atoms with E-state index in [1.807, 2.05) is 17.4 Å². The fraction of sp³-hybridized carbons (Fsp3) is 0. The Bertz CT molecular complexity index is 3200. The summed E-state index contributed by atoms with van der Waals surface area (Å²) in [5, 5.41) is 9.77. The molecule has 11 rings (SSSR count). The number of rotatable bonds is 5. The predicted molar refractivity (Wildman–Crippen MR) is 227 cm³/mol. The van der Waals surface area contributed by atoms with Crippen LogP contribution in [0.4, 0.5) is 17.1 Å². The summed E-state index contributed by atoms with van der Waals surface area (Å²) in [7, 11) is 0. The van der Waals surface area contributed by atoms with Crippen LogP contribution in [0.15, 0.2) is 192 Å². The molecule has 0 aliphatic heterocycles. The normalized spacial score (nSPS) is 11.8. The molecule has 0 N–H and O–H groups in total. The highest BCUT2D eigenvalue weighted by Crippen LogP contribution is 2.49. The molecule has 0 amide bonds. The lowest BCUT2D eigenvalue weighted by atomic mass is 9.95. The maximum atomic E-state index is 6.33. The summed E-state index contributed by atoms with van der Waals surface area (Å²) in [6, 6.07) is 68.1. The van der Waals surface area contributed by atoms with Gasteiger partial charge in [0, 0.05) is 53.1 Å². The van der Waals surface area contributed by atoms with E-state index in [4.69, 9.17) is 4.42 Å². The minimum absolute atomic E-state index is 0.897. The summed E-state index contributed by atoms with van der Waals surface area (Å²) in [6.45, 7) is 0. The SMILES string of the molecule is c1cc(-c2cccc3oc4ccccc4c23)cc(N(c2ccccc2-c2cccc3c2sc2ccccc23)c2cc3ccccc3c3ccccc23)c1. The van der Waals surface area contributed by atoms with E-state index in [9.17, 15) is 0 Å². The molecular weight excluding hydrogens is 663 g/mol. The van der Waals surface area contributed by atoms with E-state index in [2.05, 4.69) is 187 Å². The molecule has 3 heteroatoms. The largest absolute Gasteiger partial charge is 0.456 e. The number of hydrogen-bond donors (Lipinski definition) is 0. The van der Waals surface area contributed by atoms with E-state index in [-0.39, 0.29) is 0 Å². The van der Waals surface area contributed by atoms with Crippen molar-refractivity contribution in [3.05, 3.63) is 188 Å². The summed E-state index contributed by atoms with van der Waals surface area (Å²) < 4.78 is 8.94. The van der Waals surface area contributed by atoms with Gasteiger partial charge in [-0.1, -0.05) is 146 Å². The van der Waals surface area contributed by atoms with Crippen molar-refractivity contribution in [3.63, 3.8) is 0 Å². The zero-order chi connectivity index (χ0) is 34.9. The number of fused-ring (bicyclic) bond motifs is 9. The van der Waals surface area contributed by atoms with Crippen LogP contribution in [0.5, 0.6) is 0 Å². The molecule has 0 saturated carbocycles. The van der Waals surface area contributed by atoms with E-state index in [1.54, 1.807) is 0 Å². The molecule has 248 valence electrons. The first kappa shape index (κ1) is 30.0. The Labute approximate surface area is 310 Å². The molecule has 0 radical (unpaired) electrons. The van der Waals surface area contributed by atoms with E-state index in [0.29, 0.717) is 0 Å². The Kier molecular flexibility index (Phi) is 6.76. The number of para-hydroxylation sites is 2. The molecule has 11 aromatic rings. The molecule has 0 fully saturated rings. The van der Waals surface area contributed by atoms with Crippen molar-refractivity contribution in [3.8, 4) is 22.3 Å². The summed E-state index contributed by atoms with van der Waals surface area (Å²) in [4.78, 5) is 2.48. The van der Waals surface area contributed by atoms with Crippen LogP contribution in [-0.2, 0) is 0 Å². The average molecular weight is 694 g/mol. The molecule has 0 atom stereocenters. The van der Waals surface area contributed by atoms with Gasteiger partial charge in [0.05, 0.1) is 11.4 Å². The summed E-state index contributed by atoms with van der Waals surface area (Å²) in [5.74, 6) is 0. The van der Waals surface area contributed by atoms with Crippen molar-refractivity contribution in [2.24, 2.45) is 0 Å². The third-order valence-electron chi connectivity index (χ3n) is 10.6. The zero-order valence-electron chi connectivity index (χ0n) is 28.7. The van der Waals surface area contributed by atoms with Gasteiger partial charge in [-0.3, -0.25) is 0 Å². The quantitative estimate of drug-likeness (QED) is 0.167. The van der Waals surface area contributed by atoms with Gasteiger partial charge in [0.1, 0.15) is 11.2 Å². The van der Waals surface area contributed by atoms with Crippen LogP contribution < -0.4 is 4.90 Å². The second-order valence-corrected chi connectivity index (χ2v) is 14.7. The Morgan fingerprint density at radius 1 is 0.396 bits per heavy atom. The van der Waals surface area contributed by atoms with Gasteiger partial charge in [0.2, 0.25) is 0 Å². The van der Waals surface area contributed by atoms with E-state index < -0.39 is 0 Å². The summed E-state index contributed by atoms with van der Waals surface area (Å²) in [5.41, 5.74) is 9.87. The fourth-order valence-electron chi connectivity index (χ4n) is 8.31. The maximum Gasteiger partial charge on any atom is 0.136 e. The number of nitrogens with zero attached hydrogens (tertiary/aromatic N) is 1. The third-order valence-corrected chi connectivity index (χ3v) is 11.9. The van der Waals surface area contributed by atoms with Gasteiger partial charge in [-0.05, 0) is 69.8 Å². The highest BCUT2D eigenvalue weighted by molar-refractivity contribution is 7.26. The smallest absolute Gasteiger partial charge is 0.136 e. The molecule has 2 nitrogen and oxygen atoms in total. The minimum atomic E-state index is 0.897. The number of furan rings is 1. The number of anilines is 3. The molecule has 2 aromatic heterocycles. The van der Waals surface area contributed by atoms with Crippen molar-refractivity contribution < 1.29 is 4.42 Å². The van der Waals surface area contributed by atoms with Crippen LogP contribution in [0.3, 0.4) is 0 Å². The standard InChI is InChI=1S/C50H31NOS/c1-2-17-35-33(14-1)31-45(38-19-4-3-18-37(35)38)51(34-16-11-15-32(30-34)36-23-13-28-47-49(36)43-22-6-9-27-46(43)52-47)44-26-8-5-20-39(44)41-24-12-25-42-40-21-7-10-29-48(40)53-50(41)42/h1-31H. The van der Waals surface area contributed by atoms with Gasteiger partial charge in [0.15, 0.2) is 0 Å². The Morgan fingerprint density at radius 3 is 1.96 bits per heavy atom. The monoisotopic (exact) mass is 693 g/mol. The Morgan fingerprint density at radius 2 is 1.04 bits per heavy atom. The van der Waals surface area contributed by atoms with Crippen LogP contribution >= 0.6 is 11.3 Å². The van der Waals surface area contributed by atoms with Gasteiger partial charge in [-0.15, -0.1) is 11.3 Å². The van der Waals surface area contributed by atoms with Crippen LogP contribution in [0.2, 0.25) is 0 Å². The number of thiophene rings is 1. The number of benzene rings is 9. The lowest BCUT2D eigenvalue weighted by Gasteiger charge is -2.30. The number of hydrogen-bond acceptors (Lipinski definition) is 3. The first-order chi connectivity index (χ1) is 26.3. The maximum absolute atomic E-state index is 6.33. The molecule has 9 aromatic carbocycles. The molecule has 0 aliphatic carbocycles. The molecule has 0 spiro atoms. The molecule has 0 bridgehead atoms. The highest BCUT2D eigenvalue weighted by atomic mass is 32.1. The molecular formula is C50H31NOS. The lowest BCUT2D eigenvalue weighted by Crippen LogP contribution is -2.12. The zero-order valence-corrected chi connectivity index (χ0v) is 29.5. The molecule has 0 unspecified atom stereocenters. The van der Waals surface area contributed by atoms with Crippen molar-refractivity contribution in [2.75, 3.05) is 4.90 Å². The molecule has 2 heterocycles. The van der Waals surface area contributed by atoms with Crippen LogP contribution in [0.25, 0.3) is 85.9 Å². The second kappa shape index (κ2) is 11.9. The first-order valence-electron chi connectivity index (χ1n) is 18.0. The highest BCUT2D eigenvalue weighted by Gasteiger charge is 2.23. The van der Waals surface area contributed by atoms with E-state index in [1.165, 1.54) is 52.8 Å². The lowest BCUT2D eigenvalue weighted by molar-refractivity contribution is 0.669. The fourth-order valence-corrected chi connectivity index (χ4v) is 9.54. The van der Waals surface area contributed by atoms with Crippen molar-refractivity contribution in [2.45, 2.75) is 0 Å². The second-order valence-electron chi connectivity index (χ2n) is 13.6. The average Bonchev–Trinajstić information content (AvgIpc) is 3.80. The van der Waals surface area contributed by atoms with Crippen LogP contribution in [0, 0.1) is 0 Å². The molecule has 0 aliphatic rings. The molecule has 53 heavy (non-hydrogen) atoms. The Hall–Kier alpha value is -6.68. The van der Waals surface area contributed by atoms with E-state index in [0.717, 1.165) is 50.1 Å². The van der Waals surface area contributed by atoms with Gasteiger partial charge in [0.25, 0.3) is 0 Å². The van der Waals surface area contributed by atoms with Crippen LogP contribution in [0.1, 0.15) is 0 Å². The predicted octanol–water partition coefficient (Wildman–Crippen LogP) is 15.1. The Balaban J connectivity index is 1.21. The first-order valence-corrected chi connectivity index (χ1v) is 18.8. The molecule has 0 saturated heterocycles. The van der Waals surface area contributed by atoms with Gasteiger partial charge in [-0.25, -0.2) is 0 Å². The summed E-state index contributed by atoms with van der Waals surface area (Å²) in [6.07, 6.45) is 0. The third kappa shape index (κ3) is 4.71. The van der Waals surface area contributed by atoms with Crippen molar-refractivity contribution >= 4 is 92.1 Å².